The Balaban J connectivity index is 1.69. The quantitative estimate of drug-likeness (QED) is 0.211. The third-order valence-electron chi connectivity index (χ3n) is 7.04. The molecule has 216 valence electrons. The van der Waals surface area contributed by atoms with Crippen molar-refractivity contribution >= 4 is 44.5 Å². The van der Waals surface area contributed by atoms with Gasteiger partial charge in [-0.1, -0.05) is 60.7 Å². The second-order valence-corrected chi connectivity index (χ2v) is 11.7. The number of carboxylic acid groups (broad SMARTS) is 1. The largest absolute Gasteiger partial charge is 0.481 e. The van der Waals surface area contributed by atoms with E-state index in [9.17, 15) is 27.9 Å². The zero-order valence-electron chi connectivity index (χ0n) is 22.4. The van der Waals surface area contributed by atoms with Crippen molar-refractivity contribution in [1.82, 2.24) is 14.5 Å². The van der Waals surface area contributed by atoms with Crippen LogP contribution in [0.5, 0.6) is 0 Å². The van der Waals surface area contributed by atoms with Crippen LogP contribution >= 0.6 is 0 Å². The predicted molar refractivity (Wildman–Crippen MR) is 153 cm³/mol. The molecule has 2 amide bonds. The number of sulfonamides is 1. The maximum absolute atomic E-state index is 13.9. The van der Waals surface area contributed by atoms with Crippen LogP contribution < -0.4 is 10.5 Å². The summed E-state index contributed by atoms with van der Waals surface area (Å²) in [6, 6.07) is 17.2. The van der Waals surface area contributed by atoms with Crippen molar-refractivity contribution in [2.75, 3.05) is 13.1 Å². The van der Waals surface area contributed by atoms with E-state index in [0.29, 0.717) is 24.0 Å². The monoisotopic (exact) mass is 579 g/mol. The summed E-state index contributed by atoms with van der Waals surface area (Å²) in [4.78, 5) is 41.6. The van der Waals surface area contributed by atoms with E-state index in [-0.39, 0.29) is 11.3 Å². The van der Waals surface area contributed by atoms with Gasteiger partial charge in [-0.25, -0.2) is 8.42 Å². The van der Waals surface area contributed by atoms with Crippen molar-refractivity contribution in [3.8, 4) is 0 Å². The Labute approximate surface area is 238 Å². The zero-order chi connectivity index (χ0) is 29.6. The van der Waals surface area contributed by atoms with Crippen LogP contribution in [0.3, 0.4) is 0 Å². The van der Waals surface area contributed by atoms with Gasteiger partial charge in [-0.15, -0.1) is 0 Å². The van der Waals surface area contributed by atoms with Gasteiger partial charge in [-0.3, -0.25) is 24.7 Å². The van der Waals surface area contributed by atoms with Gasteiger partial charge in [0.05, 0.1) is 11.3 Å². The Morgan fingerprint density at radius 3 is 2.22 bits per heavy atom. The summed E-state index contributed by atoms with van der Waals surface area (Å²) in [5.41, 5.74) is 6.55. The molecule has 0 bridgehead atoms. The highest BCUT2D eigenvalue weighted by molar-refractivity contribution is 7.89. The minimum Gasteiger partial charge on any atom is -0.481 e. The minimum absolute atomic E-state index is 0.00128. The lowest BCUT2D eigenvalue weighted by molar-refractivity contribution is -0.145. The number of carbonyl (C=O) groups is 3. The van der Waals surface area contributed by atoms with Crippen molar-refractivity contribution in [3.63, 3.8) is 0 Å². The first-order chi connectivity index (χ1) is 19.6. The molecule has 0 radical (unpaired) electrons. The van der Waals surface area contributed by atoms with Gasteiger partial charge in [0, 0.05) is 19.5 Å². The number of guanidine groups is 1. The van der Waals surface area contributed by atoms with Gasteiger partial charge in [0.1, 0.15) is 12.1 Å². The highest BCUT2D eigenvalue weighted by Crippen LogP contribution is 2.21. The Bertz CT molecular complexity index is 1540. The number of aliphatic carboxylic acids is 1. The van der Waals surface area contributed by atoms with Crippen molar-refractivity contribution in [3.05, 3.63) is 78.4 Å². The lowest BCUT2D eigenvalue weighted by Crippen LogP contribution is -2.61. The summed E-state index contributed by atoms with van der Waals surface area (Å²) in [6.45, 7) is 0.939. The molecule has 1 fully saturated rings. The number of piperidine rings is 1. The van der Waals surface area contributed by atoms with Crippen molar-refractivity contribution < 1.29 is 27.9 Å². The molecule has 0 aromatic heterocycles. The second kappa shape index (κ2) is 12.9. The van der Waals surface area contributed by atoms with Gasteiger partial charge < -0.3 is 15.7 Å². The molecule has 3 aromatic carbocycles. The fraction of sp³-hybridized carbons (Fsp3) is 0.310. The maximum atomic E-state index is 13.9. The first-order valence-electron chi connectivity index (χ1n) is 13.3. The number of nitrogens with two attached hydrogens (primary N) is 1. The molecular weight excluding hydrogens is 546 g/mol. The maximum Gasteiger partial charge on any atom is 0.305 e. The number of benzene rings is 3. The second-order valence-electron chi connectivity index (χ2n) is 9.97. The highest BCUT2D eigenvalue weighted by atomic mass is 32.2. The van der Waals surface area contributed by atoms with Crippen LogP contribution in [0.1, 0.15) is 31.2 Å². The number of hydrogen-bond acceptors (Lipinski definition) is 6. The van der Waals surface area contributed by atoms with E-state index in [0.717, 1.165) is 29.5 Å². The number of hydrogen-bond donors (Lipinski definition) is 4. The van der Waals surface area contributed by atoms with Crippen LogP contribution in [0.25, 0.3) is 10.8 Å². The van der Waals surface area contributed by atoms with Gasteiger partial charge in [0.15, 0.2) is 5.96 Å². The number of carboxylic acids is 1. The first kappa shape index (κ1) is 29.7. The van der Waals surface area contributed by atoms with E-state index in [2.05, 4.69) is 4.72 Å². The fourth-order valence-corrected chi connectivity index (χ4v) is 6.23. The molecule has 1 aliphatic heterocycles. The smallest absolute Gasteiger partial charge is 0.305 e. The molecule has 0 aliphatic carbocycles. The van der Waals surface area contributed by atoms with Gasteiger partial charge >= 0.3 is 5.97 Å². The number of nitrogens with zero attached hydrogens (tertiary/aromatic N) is 2. The Morgan fingerprint density at radius 1 is 0.951 bits per heavy atom. The third-order valence-corrected chi connectivity index (χ3v) is 8.51. The summed E-state index contributed by atoms with van der Waals surface area (Å²) in [5, 5.41) is 19.3. The molecule has 5 N–H and O–H groups in total. The number of fused-ring (bicyclic) bond motifs is 1. The normalized spacial score (nSPS) is 15.2. The van der Waals surface area contributed by atoms with Crippen LogP contribution in [0, 0.1) is 5.41 Å². The summed E-state index contributed by atoms with van der Waals surface area (Å²) < 4.78 is 28.9. The molecule has 41 heavy (non-hydrogen) atoms. The van der Waals surface area contributed by atoms with Crippen LogP contribution in [0.4, 0.5) is 0 Å². The van der Waals surface area contributed by atoms with E-state index < -0.39 is 52.3 Å². The Kier molecular flexibility index (Phi) is 9.35. The molecule has 0 spiro atoms. The van der Waals surface area contributed by atoms with Gasteiger partial charge in [-0.2, -0.15) is 4.72 Å². The minimum atomic E-state index is -4.39. The fourth-order valence-electron chi connectivity index (χ4n) is 5.00. The van der Waals surface area contributed by atoms with Crippen molar-refractivity contribution in [2.24, 2.45) is 5.73 Å². The summed E-state index contributed by atoms with van der Waals surface area (Å²) >= 11 is 0. The van der Waals surface area contributed by atoms with Crippen LogP contribution in [0.2, 0.25) is 0 Å². The summed E-state index contributed by atoms with van der Waals surface area (Å²) in [5.74, 6) is -3.78. The van der Waals surface area contributed by atoms with Crippen LogP contribution in [-0.4, -0.2) is 72.2 Å². The molecule has 1 saturated heterocycles. The molecule has 1 heterocycles. The molecule has 0 saturated carbocycles. The number of carbonyl (C=O) groups excluding carboxylic acids is 2. The Hall–Kier alpha value is -4.29. The molecule has 0 unspecified atom stereocenters. The SMILES string of the molecule is N=C(N)N(C(=O)[C@H](CC(=O)O)NS(=O)(=O)c1ccc2ccccc2c1)[C@@H](Cc1ccccc1)C(=O)N1CCCCC1. The average molecular weight is 580 g/mol. The van der Waals surface area contributed by atoms with Gasteiger partial charge in [-0.05, 0) is 47.7 Å². The standard InChI is InChI=1S/C29H33N5O6S/c30-29(31)34(25(17-20-9-3-1-4-10-20)28(38)33-15-7-2-8-16-33)27(37)24(19-26(35)36)32-41(39,40)23-14-13-21-11-5-6-12-22(21)18-23/h1,3-6,9-14,18,24-25,32H,2,7-8,15-17,19H2,(H3,30,31)(H,35,36)/t24-,25-/m0/s1. The predicted octanol–water partition coefficient (Wildman–Crippen LogP) is 2.31. The molecular formula is C29H33N5O6S. The van der Waals surface area contributed by atoms with Crippen molar-refractivity contribution in [1.29, 1.82) is 5.41 Å². The topological polar surface area (TPSA) is 174 Å². The van der Waals surface area contributed by atoms with E-state index in [1.807, 2.05) is 12.1 Å². The number of likely N-dealkylation sites (tertiary alicyclic amines) is 1. The molecule has 4 rings (SSSR count). The van der Waals surface area contributed by atoms with E-state index >= 15 is 0 Å². The number of amides is 2. The lowest BCUT2D eigenvalue weighted by atomic mass is 10.0. The van der Waals surface area contributed by atoms with Crippen molar-refractivity contribution in [2.45, 2.75) is 49.1 Å². The third kappa shape index (κ3) is 7.27. The highest BCUT2D eigenvalue weighted by Gasteiger charge is 2.40. The zero-order valence-corrected chi connectivity index (χ0v) is 23.2. The summed E-state index contributed by atoms with van der Waals surface area (Å²) in [7, 11) is -4.39. The molecule has 2 atom stereocenters. The Morgan fingerprint density at radius 2 is 1.59 bits per heavy atom. The van der Waals surface area contributed by atoms with Gasteiger partial charge in [0.2, 0.25) is 21.8 Å². The van der Waals surface area contributed by atoms with Gasteiger partial charge in [0.25, 0.3) is 0 Å². The first-order valence-corrected chi connectivity index (χ1v) is 14.8. The number of rotatable bonds is 10. The number of nitrogens with one attached hydrogen (secondary N) is 2. The molecule has 11 nitrogen and oxygen atoms in total. The van der Waals surface area contributed by atoms with E-state index in [1.54, 1.807) is 53.4 Å². The van der Waals surface area contributed by atoms with Crippen LogP contribution in [-0.2, 0) is 30.8 Å². The molecule has 1 aliphatic rings. The summed E-state index contributed by atoms with van der Waals surface area (Å²) in [6.07, 6.45) is 1.60. The lowest BCUT2D eigenvalue weighted by Gasteiger charge is -2.36. The molecule has 3 aromatic rings. The van der Waals surface area contributed by atoms with E-state index in [1.165, 1.54) is 12.1 Å². The average Bonchev–Trinajstić information content (AvgIpc) is 2.96. The van der Waals surface area contributed by atoms with Crippen LogP contribution in [0.15, 0.2) is 77.7 Å². The van der Waals surface area contributed by atoms with E-state index in [4.69, 9.17) is 11.1 Å². The molecule has 12 heteroatoms.